The number of halogens is 1. The van der Waals surface area contributed by atoms with Crippen molar-refractivity contribution in [3.8, 4) is 0 Å². The van der Waals surface area contributed by atoms with Crippen LogP contribution in [0.4, 0.5) is 5.69 Å². The summed E-state index contributed by atoms with van der Waals surface area (Å²) >= 11 is 6.01. The molecular weight excluding hydrogens is 370 g/mol. The highest BCUT2D eigenvalue weighted by molar-refractivity contribution is 6.30. The number of rotatable bonds is 10. The summed E-state index contributed by atoms with van der Waals surface area (Å²) in [6.45, 7) is 13.3. The molecule has 1 amide bonds. The van der Waals surface area contributed by atoms with E-state index in [2.05, 4.69) is 29.0 Å². The van der Waals surface area contributed by atoms with E-state index >= 15 is 0 Å². The van der Waals surface area contributed by atoms with Crippen LogP contribution in [0.3, 0.4) is 0 Å². The Morgan fingerprint density at radius 2 is 1.50 bits per heavy atom. The van der Waals surface area contributed by atoms with Gasteiger partial charge in [0.15, 0.2) is 0 Å². The van der Waals surface area contributed by atoms with Crippen molar-refractivity contribution in [3.63, 3.8) is 0 Å². The summed E-state index contributed by atoms with van der Waals surface area (Å²) in [5, 5.41) is 3.83. The Balaban J connectivity index is 2.06. The molecule has 0 radical (unpaired) electrons. The van der Waals surface area contributed by atoms with E-state index in [1.165, 1.54) is 0 Å². The normalized spacial score (nSPS) is 11.2. The van der Waals surface area contributed by atoms with E-state index < -0.39 is 0 Å². The van der Waals surface area contributed by atoms with E-state index in [4.69, 9.17) is 11.6 Å². The standard InChI is InChI=1S/C23H32ClN3O/c1-5-26(6-2)14-15-27(16-20-10-12-21(24)13-11-20)17-22(28)25-23-18(3)8-7-9-19(23)4/h7-13H,5-6,14-17H2,1-4H3,(H,25,28). The van der Waals surface area contributed by atoms with Gasteiger partial charge in [0, 0.05) is 30.3 Å². The fourth-order valence-corrected chi connectivity index (χ4v) is 3.40. The predicted octanol–water partition coefficient (Wildman–Crippen LogP) is 4.74. The second-order valence-corrected chi connectivity index (χ2v) is 7.62. The first-order chi connectivity index (χ1) is 13.4. The molecule has 0 heterocycles. The first-order valence-corrected chi connectivity index (χ1v) is 10.4. The van der Waals surface area contributed by atoms with Crippen molar-refractivity contribution >= 4 is 23.2 Å². The molecule has 0 saturated heterocycles. The number of benzene rings is 2. The first-order valence-electron chi connectivity index (χ1n) is 9.98. The molecule has 2 aromatic carbocycles. The second-order valence-electron chi connectivity index (χ2n) is 7.18. The molecule has 2 aromatic rings. The van der Waals surface area contributed by atoms with Crippen LogP contribution in [0.2, 0.25) is 5.02 Å². The zero-order valence-electron chi connectivity index (χ0n) is 17.5. The van der Waals surface area contributed by atoms with Gasteiger partial charge in [0.05, 0.1) is 6.54 Å². The van der Waals surface area contributed by atoms with Crippen LogP contribution >= 0.6 is 11.6 Å². The SMILES string of the molecule is CCN(CC)CCN(CC(=O)Nc1c(C)cccc1C)Cc1ccc(Cl)cc1. The summed E-state index contributed by atoms with van der Waals surface area (Å²) in [7, 11) is 0. The Hall–Kier alpha value is -1.88. The number of nitrogens with one attached hydrogen (secondary N) is 1. The van der Waals surface area contributed by atoms with Gasteiger partial charge in [0.1, 0.15) is 0 Å². The topological polar surface area (TPSA) is 35.6 Å². The minimum Gasteiger partial charge on any atom is -0.324 e. The summed E-state index contributed by atoms with van der Waals surface area (Å²) in [6, 6.07) is 13.9. The summed E-state index contributed by atoms with van der Waals surface area (Å²) in [4.78, 5) is 17.3. The molecule has 0 atom stereocenters. The fraction of sp³-hybridized carbons (Fsp3) is 0.435. The maximum absolute atomic E-state index is 12.8. The fourth-order valence-electron chi connectivity index (χ4n) is 3.28. The van der Waals surface area contributed by atoms with E-state index in [0.29, 0.717) is 6.54 Å². The molecule has 4 nitrogen and oxygen atoms in total. The average molecular weight is 402 g/mol. The maximum atomic E-state index is 12.8. The van der Waals surface area contributed by atoms with E-state index in [0.717, 1.165) is 60.1 Å². The van der Waals surface area contributed by atoms with Gasteiger partial charge in [-0.3, -0.25) is 9.69 Å². The third-order valence-electron chi connectivity index (χ3n) is 5.06. The highest BCUT2D eigenvalue weighted by Crippen LogP contribution is 2.19. The number of para-hydroxylation sites is 1. The van der Waals surface area contributed by atoms with Crippen molar-refractivity contribution in [2.75, 3.05) is 38.0 Å². The lowest BCUT2D eigenvalue weighted by atomic mass is 10.1. The van der Waals surface area contributed by atoms with Crippen molar-refractivity contribution in [2.24, 2.45) is 0 Å². The van der Waals surface area contributed by atoms with Gasteiger partial charge in [-0.25, -0.2) is 0 Å². The summed E-state index contributed by atoms with van der Waals surface area (Å²) in [6.07, 6.45) is 0. The lowest BCUT2D eigenvalue weighted by molar-refractivity contribution is -0.117. The number of hydrogen-bond donors (Lipinski definition) is 1. The number of hydrogen-bond acceptors (Lipinski definition) is 3. The van der Waals surface area contributed by atoms with Crippen LogP contribution in [-0.4, -0.2) is 48.4 Å². The predicted molar refractivity (Wildman–Crippen MR) is 119 cm³/mol. The van der Waals surface area contributed by atoms with Gasteiger partial charge < -0.3 is 10.2 Å². The zero-order chi connectivity index (χ0) is 20.5. The number of carbonyl (C=O) groups is 1. The molecule has 0 unspecified atom stereocenters. The van der Waals surface area contributed by atoms with Gasteiger partial charge in [-0.1, -0.05) is 55.8 Å². The largest absolute Gasteiger partial charge is 0.324 e. The first kappa shape index (κ1) is 22.4. The smallest absolute Gasteiger partial charge is 0.238 e. The average Bonchev–Trinajstić information content (AvgIpc) is 2.67. The van der Waals surface area contributed by atoms with Crippen LogP contribution in [0.25, 0.3) is 0 Å². The van der Waals surface area contributed by atoms with Crippen LogP contribution in [0, 0.1) is 13.8 Å². The molecule has 0 aromatic heterocycles. The molecule has 0 fully saturated rings. The van der Waals surface area contributed by atoms with Crippen molar-refractivity contribution in [3.05, 3.63) is 64.2 Å². The number of aryl methyl sites for hydroxylation is 2. The molecule has 28 heavy (non-hydrogen) atoms. The summed E-state index contributed by atoms with van der Waals surface area (Å²) in [5.41, 5.74) is 4.24. The minimum absolute atomic E-state index is 0.0194. The van der Waals surface area contributed by atoms with Gasteiger partial charge in [-0.05, 0) is 55.8 Å². The van der Waals surface area contributed by atoms with Gasteiger partial charge in [0.25, 0.3) is 0 Å². The van der Waals surface area contributed by atoms with E-state index in [9.17, 15) is 4.79 Å². The van der Waals surface area contributed by atoms with Crippen molar-refractivity contribution in [1.82, 2.24) is 9.80 Å². The third kappa shape index (κ3) is 6.93. The van der Waals surface area contributed by atoms with Crippen LogP contribution in [0.1, 0.15) is 30.5 Å². The Kier molecular flexibility index (Phi) is 8.97. The molecule has 0 bridgehead atoms. The van der Waals surface area contributed by atoms with Crippen molar-refractivity contribution in [2.45, 2.75) is 34.2 Å². The van der Waals surface area contributed by atoms with Gasteiger partial charge >= 0.3 is 0 Å². The lowest BCUT2D eigenvalue weighted by Crippen LogP contribution is -2.39. The van der Waals surface area contributed by atoms with E-state index in [1.54, 1.807) is 0 Å². The van der Waals surface area contributed by atoms with Gasteiger partial charge in [0.2, 0.25) is 5.91 Å². The zero-order valence-corrected chi connectivity index (χ0v) is 18.2. The van der Waals surface area contributed by atoms with Gasteiger partial charge in [-0.2, -0.15) is 0 Å². The molecule has 2 rings (SSSR count). The summed E-state index contributed by atoms with van der Waals surface area (Å²) in [5.74, 6) is 0.0194. The summed E-state index contributed by atoms with van der Waals surface area (Å²) < 4.78 is 0. The van der Waals surface area contributed by atoms with E-state index in [1.807, 2.05) is 56.3 Å². The monoisotopic (exact) mass is 401 g/mol. The molecule has 152 valence electrons. The molecule has 5 heteroatoms. The number of likely N-dealkylation sites (N-methyl/N-ethyl adjacent to an activating group) is 1. The number of nitrogens with zero attached hydrogens (tertiary/aromatic N) is 2. The molecule has 0 spiro atoms. The minimum atomic E-state index is 0.0194. The Labute approximate surface area is 174 Å². The van der Waals surface area contributed by atoms with Crippen LogP contribution in [0.15, 0.2) is 42.5 Å². The van der Waals surface area contributed by atoms with Crippen molar-refractivity contribution < 1.29 is 4.79 Å². The van der Waals surface area contributed by atoms with Crippen LogP contribution in [0.5, 0.6) is 0 Å². The van der Waals surface area contributed by atoms with Gasteiger partial charge in [-0.15, -0.1) is 0 Å². The third-order valence-corrected chi connectivity index (χ3v) is 5.31. The van der Waals surface area contributed by atoms with Crippen molar-refractivity contribution in [1.29, 1.82) is 0 Å². The highest BCUT2D eigenvalue weighted by Gasteiger charge is 2.14. The lowest BCUT2D eigenvalue weighted by Gasteiger charge is -2.26. The second kappa shape index (κ2) is 11.2. The quantitative estimate of drug-likeness (QED) is 0.624. The molecule has 0 saturated carbocycles. The Morgan fingerprint density at radius 3 is 2.07 bits per heavy atom. The Morgan fingerprint density at radius 1 is 0.929 bits per heavy atom. The molecule has 0 aliphatic carbocycles. The van der Waals surface area contributed by atoms with Crippen LogP contribution < -0.4 is 5.32 Å². The highest BCUT2D eigenvalue weighted by atomic mass is 35.5. The number of anilines is 1. The Bertz CT molecular complexity index is 737. The maximum Gasteiger partial charge on any atom is 0.238 e. The molecule has 1 N–H and O–H groups in total. The number of carbonyl (C=O) groups excluding carboxylic acids is 1. The molecule has 0 aliphatic heterocycles. The molecule has 0 aliphatic rings. The van der Waals surface area contributed by atoms with E-state index in [-0.39, 0.29) is 5.91 Å². The van der Waals surface area contributed by atoms with Crippen LogP contribution in [-0.2, 0) is 11.3 Å². The molecular formula is C23H32ClN3O. The number of amides is 1.